The van der Waals surface area contributed by atoms with E-state index in [1.165, 1.54) is 16.7 Å². The first-order chi connectivity index (χ1) is 12.0. The molecule has 25 heavy (non-hydrogen) atoms. The van der Waals surface area contributed by atoms with Gasteiger partial charge < -0.3 is 14.3 Å². The van der Waals surface area contributed by atoms with Crippen molar-refractivity contribution in [3.63, 3.8) is 0 Å². The number of aryl methyl sites for hydroxylation is 2. The quantitative estimate of drug-likeness (QED) is 0.724. The Labute approximate surface area is 147 Å². The van der Waals surface area contributed by atoms with Crippen LogP contribution in [-0.4, -0.2) is 20.6 Å². The van der Waals surface area contributed by atoms with Gasteiger partial charge in [-0.3, -0.25) is 14.3 Å². The number of oxazole rings is 1. The number of aromatic nitrogens is 2. The topological polar surface area (TPSA) is 94.6 Å². The van der Waals surface area contributed by atoms with Crippen molar-refractivity contribution in [1.82, 2.24) is 9.55 Å². The zero-order chi connectivity index (χ0) is 18.0. The van der Waals surface area contributed by atoms with Crippen molar-refractivity contribution in [3.8, 4) is 5.75 Å². The summed E-state index contributed by atoms with van der Waals surface area (Å²) < 4.78 is 12.1. The van der Waals surface area contributed by atoms with E-state index in [0.717, 1.165) is 11.3 Å². The first-order valence-electron chi connectivity index (χ1n) is 7.53. The summed E-state index contributed by atoms with van der Waals surface area (Å²) in [6.07, 6.45) is 1.51. The third kappa shape index (κ3) is 3.66. The summed E-state index contributed by atoms with van der Waals surface area (Å²) in [6, 6.07) is 6.78. The van der Waals surface area contributed by atoms with E-state index in [4.69, 9.17) is 25.9 Å². The van der Waals surface area contributed by atoms with Gasteiger partial charge in [0.1, 0.15) is 12.4 Å². The molecule has 3 aromatic rings. The molecule has 0 amide bonds. The van der Waals surface area contributed by atoms with E-state index < -0.39 is 11.7 Å². The van der Waals surface area contributed by atoms with Crippen molar-refractivity contribution < 1.29 is 19.1 Å². The van der Waals surface area contributed by atoms with Gasteiger partial charge >= 0.3 is 11.7 Å². The number of aliphatic carboxylic acids is 1. The summed E-state index contributed by atoms with van der Waals surface area (Å²) in [5.41, 5.74) is 2.49. The van der Waals surface area contributed by atoms with Crippen molar-refractivity contribution >= 4 is 28.7 Å². The molecular formula is C17H15ClN2O5. The summed E-state index contributed by atoms with van der Waals surface area (Å²) in [7, 11) is 0. The number of benzene rings is 1. The molecule has 0 unspecified atom stereocenters. The molecule has 1 aromatic carbocycles. The molecule has 2 aromatic heterocycles. The van der Waals surface area contributed by atoms with Crippen LogP contribution in [0.1, 0.15) is 17.7 Å². The minimum atomic E-state index is -1.00. The highest BCUT2D eigenvalue weighted by Crippen LogP contribution is 2.30. The molecule has 0 atom stereocenters. The van der Waals surface area contributed by atoms with Crippen molar-refractivity contribution in [3.05, 3.63) is 57.3 Å². The minimum absolute atomic E-state index is 0.00653. The first kappa shape index (κ1) is 17.0. The molecule has 0 saturated carbocycles. The van der Waals surface area contributed by atoms with Crippen LogP contribution in [0.3, 0.4) is 0 Å². The Morgan fingerprint density at radius 1 is 1.44 bits per heavy atom. The molecule has 0 radical (unpaired) electrons. The second kappa shape index (κ2) is 6.98. The highest BCUT2D eigenvalue weighted by Gasteiger charge is 2.15. The lowest BCUT2D eigenvalue weighted by molar-refractivity contribution is -0.137. The average molecular weight is 363 g/mol. The Hall–Kier alpha value is -2.80. The second-order valence-corrected chi connectivity index (χ2v) is 5.86. The predicted octanol–water partition coefficient (Wildman–Crippen LogP) is 3.01. The van der Waals surface area contributed by atoms with Gasteiger partial charge in [-0.15, -0.1) is 0 Å². The van der Waals surface area contributed by atoms with Crippen molar-refractivity contribution in [2.45, 2.75) is 26.5 Å². The SMILES string of the molecule is Cc1ncccc1COc1cc2oc(=O)n(CCC(=O)O)c2cc1Cl. The van der Waals surface area contributed by atoms with E-state index in [-0.39, 0.29) is 25.2 Å². The Morgan fingerprint density at radius 2 is 2.24 bits per heavy atom. The third-order valence-corrected chi connectivity index (χ3v) is 4.07. The van der Waals surface area contributed by atoms with Crippen LogP contribution in [0.25, 0.3) is 11.1 Å². The van der Waals surface area contributed by atoms with Gasteiger partial charge in [-0.25, -0.2) is 4.79 Å². The van der Waals surface area contributed by atoms with Crippen molar-refractivity contribution in [2.24, 2.45) is 0 Å². The zero-order valence-corrected chi connectivity index (χ0v) is 14.1. The summed E-state index contributed by atoms with van der Waals surface area (Å²) in [5.74, 6) is -1.26. The standard InChI is InChI=1S/C17H15ClN2O5/c1-10-11(3-2-5-19-10)9-24-14-8-15-13(7-12(14)18)20(17(23)25-15)6-4-16(21)22/h2-3,5,7-8H,4,6,9H2,1H3,(H,21,22). The number of rotatable bonds is 6. The Bertz CT molecular complexity index is 992. The molecule has 0 spiro atoms. The molecule has 0 saturated heterocycles. The molecule has 0 fully saturated rings. The van der Waals surface area contributed by atoms with Gasteiger partial charge in [0.2, 0.25) is 0 Å². The van der Waals surface area contributed by atoms with E-state index in [1.807, 2.05) is 19.1 Å². The summed E-state index contributed by atoms with van der Waals surface area (Å²) in [4.78, 5) is 26.8. The molecule has 3 rings (SSSR count). The summed E-state index contributed by atoms with van der Waals surface area (Å²) in [5, 5.41) is 9.08. The highest BCUT2D eigenvalue weighted by molar-refractivity contribution is 6.32. The van der Waals surface area contributed by atoms with Crippen LogP contribution < -0.4 is 10.5 Å². The van der Waals surface area contributed by atoms with Crippen molar-refractivity contribution in [1.29, 1.82) is 0 Å². The number of carbonyl (C=O) groups is 1. The lowest BCUT2D eigenvalue weighted by atomic mass is 10.2. The maximum atomic E-state index is 11.9. The molecule has 1 N–H and O–H groups in total. The lowest BCUT2D eigenvalue weighted by Crippen LogP contribution is -2.16. The van der Waals surface area contributed by atoms with Crippen LogP contribution in [-0.2, 0) is 17.9 Å². The molecule has 0 aliphatic heterocycles. The smallest absolute Gasteiger partial charge is 0.419 e. The van der Waals surface area contributed by atoms with Gasteiger partial charge in [-0.05, 0) is 19.1 Å². The number of nitrogens with zero attached hydrogens (tertiary/aromatic N) is 2. The molecule has 130 valence electrons. The molecule has 0 aliphatic carbocycles. The van der Waals surface area contributed by atoms with Gasteiger partial charge in [-0.2, -0.15) is 0 Å². The average Bonchev–Trinajstić information content (AvgIpc) is 2.86. The third-order valence-electron chi connectivity index (χ3n) is 3.77. The fraction of sp³-hybridized carbons (Fsp3) is 0.235. The molecular weight excluding hydrogens is 348 g/mol. The largest absolute Gasteiger partial charge is 0.487 e. The molecule has 2 heterocycles. The van der Waals surface area contributed by atoms with E-state index in [0.29, 0.717) is 16.3 Å². The zero-order valence-electron chi connectivity index (χ0n) is 13.4. The van der Waals surface area contributed by atoms with E-state index >= 15 is 0 Å². The van der Waals surface area contributed by atoms with Crippen LogP contribution >= 0.6 is 11.6 Å². The van der Waals surface area contributed by atoms with Gasteiger partial charge in [-0.1, -0.05) is 17.7 Å². The maximum absolute atomic E-state index is 11.9. The number of hydrogen-bond acceptors (Lipinski definition) is 5. The summed E-state index contributed by atoms with van der Waals surface area (Å²) in [6.45, 7) is 2.16. The number of halogens is 1. The Morgan fingerprint density at radius 3 is 2.96 bits per heavy atom. The monoisotopic (exact) mass is 362 g/mol. The highest BCUT2D eigenvalue weighted by atomic mass is 35.5. The minimum Gasteiger partial charge on any atom is -0.487 e. The molecule has 0 aliphatic rings. The van der Waals surface area contributed by atoms with Gasteiger partial charge in [0.15, 0.2) is 5.58 Å². The normalized spacial score (nSPS) is 11.0. The maximum Gasteiger partial charge on any atom is 0.419 e. The Balaban J connectivity index is 1.88. The number of carboxylic acid groups (broad SMARTS) is 1. The Kier molecular flexibility index (Phi) is 4.76. The second-order valence-electron chi connectivity index (χ2n) is 5.45. The number of hydrogen-bond donors (Lipinski definition) is 1. The number of fused-ring (bicyclic) bond motifs is 1. The van der Waals surface area contributed by atoms with Crippen LogP contribution in [0.2, 0.25) is 5.02 Å². The van der Waals surface area contributed by atoms with Crippen molar-refractivity contribution in [2.75, 3.05) is 0 Å². The van der Waals surface area contributed by atoms with Crippen LogP contribution in [0.15, 0.2) is 39.7 Å². The molecule has 7 nitrogen and oxygen atoms in total. The van der Waals surface area contributed by atoms with E-state index in [9.17, 15) is 9.59 Å². The van der Waals surface area contributed by atoms with Crippen LogP contribution in [0, 0.1) is 6.92 Å². The fourth-order valence-corrected chi connectivity index (χ4v) is 2.63. The first-order valence-corrected chi connectivity index (χ1v) is 7.91. The van der Waals surface area contributed by atoms with E-state index in [1.54, 1.807) is 6.20 Å². The summed E-state index contributed by atoms with van der Waals surface area (Å²) >= 11 is 6.24. The number of carboxylic acids is 1. The lowest BCUT2D eigenvalue weighted by Gasteiger charge is -2.09. The number of pyridine rings is 1. The van der Waals surface area contributed by atoms with E-state index in [2.05, 4.69) is 4.98 Å². The van der Waals surface area contributed by atoms with Gasteiger partial charge in [0.25, 0.3) is 0 Å². The van der Waals surface area contributed by atoms with Crippen LogP contribution in [0.4, 0.5) is 0 Å². The van der Waals surface area contributed by atoms with Crippen LogP contribution in [0.5, 0.6) is 5.75 Å². The molecule has 0 bridgehead atoms. The van der Waals surface area contributed by atoms with Gasteiger partial charge in [0.05, 0.1) is 17.0 Å². The predicted molar refractivity (Wildman–Crippen MR) is 91.0 cm³/mol. The fourth-order valence-electron chi connectivity index (χ4n) is 2.42. The van der Waals surface area contributed by atoms with Gasteiger partial charge in [0, 0.05) is 30.1 Å². The number of ether oxygens (including phenoxy) is 1. The molecule has 8 heteroatoms.